The van der Waals surface area contributed by atoms with E-state index in [2.05, 4.69) is 15.4 Å². The molecule has 0 saturated heterocycles. The molecule has 4 aromatic rings. The first-order valence-corrected chi connectivity index (χ1v) is 11.0. The number of aromatic nitrogens is 3. The molecule has 5 rings (SSSR count). The summed E-state index contributed by atoms with van der Waals surface area (Å²) in [7, 11) is 0. The average molecular weight is 447 g/mol. The van der Waals surface area contributed by atoms with E-state index in [1.807, 2.05) is 56.3 Å². The minimum absolute atomic E-state index is 0.225. The van der Waals surface area contributed by atoms with Crippen molar-refractivity contribution >= 4 is 23.0 Å². The molecule has 2 N–H and O–H groups in total. The number of nitrogens with one attached hydrogen (secondary N) is 2. The Labute approximate surface area is 190 Å². The van der Waals surface area contributed by atoms with Gasteiger partial charge in [-0.05, 0) is 74.1 Å². The van der Waals surface area contributed by atoms with Crippen LogP contribution in [0.5, 0.6) is 0 Å². The third-order valence-corrected chi connectivity index (χ3v) is 6.72. The Morgan fingerprint density at radius 1 is 1.09 bits per heavy atom. The molecule has 0 bridgehead atoms. The minimum atomic E-state index is -0.403. The molecule has 0 radical (unpaired) electrons. The van der Waals surface area contributed by atoms with E-state index in [4.69, 9.17) is 11.6 Å². The van der Waals surface area contributed by atoms with Crippen LogP contribution in [0.25, 0.3) is 16.9 Å². The number of hydrogen-bond acceptors (Lipinski definition) is 3. The van der Waals surface area contributed by atoms with Gasteiger partial charge in [0, 0.05) is 16.8 Å². The molecule has 162 valence electrons. The first-order chi connectivity index (χ1) is 15.3. The Balaban J connectivity index is 1.47. The number of benzene rings is 2. The topological polar surface area (TPSA) is 79.3 Å². The first-order valence-electron chi connectivity index (χ1n) is 10.6. The van der Waals surface area contributed by atoms with Crippen molar-refractivity contribution < 1.29 is 4.79 Å². The van der Waals surface area contributed by atoms with Crippen LogP contribution in [-0.4, -0.2) is 20.5 Å². The number of H-pyrrole nitrogens is 1. The molecule has 0 aliphatic heterocycles. The number of fused-ring (bicyclic) bond motifs is 1. The summed E-state index contributed by atoms with van der Waals surface area (Å²) < 4.78 is 1.48. The molecule has 32 heavy (non-hydrogen) atoms. The fraction of sp³-hybridized carbons (Fsp3) is 0.240. The second-order valence-electron chi connectivity index (χ2n) is 8.56. The summed E-state index contributed by atoms with van der Waals surface area (Å²) in [5.74, 6) is 0.238. The lowest BCUT2D eigenvalue weighted by Crippen LogP contribution is -2.50. The molecular weight excluding hydrogens is 424 g/mol. The molecule has 6 nitrogen and oxygen atoms in total. The zero-order valence-corrected chi connectivity index (χ0v) is 18.7. The van der Waals surface area contributed by atoms with Gasteiger partial charge < -0.3 is 10.3 Å². The van der Waals surface area contributed by atoms with Crippen molar-refractivity contribution in [3.8, 4) is 11.4 Å². The fourth-order valence-electron chi connectivity index (χ4n) is 4.23. The molecule has 1 aliphatic carbocycles. The number of carbonyl (C=O) groups is 1. The third kappa shape index (κ3) is 3.50. The zero-order chi connectivity index (χ0) is 22.5. The van der Waals surface area contributed by atoms with E-state index < -0.39 is 5.54 Å². The van der Waals surface area contributed by atoms with Gasteiger partial charge in [0.05, 0.1) is 11.1 Å². The number of halogens is 1. The number of aromatic amines is 1. The lowest BCUT2D eigenvalue weighted by atomic mass is 9.71. The van der Waals surface area contributed by atoms with Crippen molar-refractivity contribution in [1.29, 1.82) is 0 Å². The molecule has 2 heterocycles. The molecule has 1 aliphatic rings. The maximum absolute atomic E-state index is 13.1. The monoisotopic (exact) mass is 446 g/mol. The molecule has 0 unspecified atom stereocenters. The maximum atomic E-state index is 13.1. The normalized spacial score (nSPS) is 14.8. The predicted molar refractivity (Wildman–Crippen MR) is 125 cm³/mol. The minimum Gasteiger partial charge on any atom is -0.342 e. The van der Waals surface area contributed by atoms with Crippen molar-refractivity contribution in [1.82, 2.24) is 19.9 Å². The molecule has 1 saturated carbocycles. The number of amides is 1. The van der Waals surface area contributed by atoms with Gasteiger partial charge in [0.2, 0.25) is 0 Å². The average Bonchev–Trinajstić information content (AvgIpc) is 3.18. The fourth-order valence-corrected chi connectivity index (χ4v) is 4.35. The largest absolute Gasteiger partial charge is 0.342 e. The van der Waals surface area contributed by atoms with Crippen LogP contribution in [0.15, 0.2) is 59.5 Å². The van der Waals surface area contributed by atoms with Crippen molar-refractivity contribution in [3.05, 3.63) is 92.4 Å². The van der Waals surface area contributed by atoms with Gasteiger partial charge in [-0.15, -0.1) is 5.10 Å². The summed E-state index contributed by atoms with van der Waals surface area (Å²) in [6.45, 7) is 4.05. The van der Waals surface area contributed by atoms with Gasteiger partial charge in [-0.1, -0.05) is 35.9 Å². The van der Waals surface area contributed by atoms with Gasteiger partial charge in [-0.2, -0.15) is 0 Å². The van der Waals surface area contributed by atoms with E-state index in [1.54, 1.807) is 12.3 Å². The van der Waals surface area contributed by atoms with E-state index in [-0.39, 0.29) is 11.5 Å². The molecule has 7 heteroatoms. The van der Waals surface area contributed by atoms with Crippen LogP contribution in [0.4, 0.5) is 0 Å². The quantitative estimate of drug-likeness (QED) is 0.474. The second-order valence-corrected chi connectivity index (χ2v) is 8.99. The summed E-state index contributed by atoms with van der Waals surface area (Å²) in [6, 6.07) is 15.1. The molecule has 2 aromatic carbocycles. The van der Waals surface area contributed by atoms with E-state index >= 15 is 0 Å². The molecular formula is C25H23ClN4O2. The maximum Gasteiger partial charge on any atom is 0.275 e. The van der Waals surface area contributed by atoms with Gasteiger partial charge in [-0.25, -0.2) is 4.52 Å². The Morgan fingerprint density at radius 2 is 1.84 bits per heavy atom. The highest BCUT2D eigenvalue weighted by Gasteiger charge is 2.40. The van der Waals surface area contributed by atoms with E-state index in [0.29, 0.717) is 21.9 Å². The van der Waals surface area contributed by atoms with Gasteiger partial charge in [0.25, 0.3) is 11.5 Å². The standard InChI is InChI=1S/C25H23ClN4O2/c1-15-4-5-17(12-16(15)2)22-27-24(32)21-13-18(14-30(21)29-22)23(31)28-25(10-3-11-25)19-6-8-20(26)9-7-19/h4-9,12-14H,3,10-11H2,1-2H3,(H,28,31)(H,27,29,32). The number of hydrogen-bond donors (Lipinski definition) is 2. The third-order valence-electron chi connectivity index (χ3n) is 6.47. The Kier molecular flexibility index (Phi) is 4.90. The van der Waals surface area contributed by atoms with Gasteiger partial charge in [0.15, 0.2) is 5.82 Å². The van der Waals surface area contributed by atoms with Gasteiger partial charge in [0.1, 0.15) is 5.52 Å². The lowest BCUT2D eigenvalue weighted by molar-refractivity contribution is 0.0823. The van der Waals surface area contributed by atoms with Crippen molar-refractivity contribution in [3.63, 3.8) is 0 Å². The zero-order valence-electron chi connectivity index (χ0n) is 17.9. The Morgan fingerprint density at radius 3 is 2.50 bits per heavy atom. The summed E-state index contributed by atoms with van der Waals surface area (Å²) in [5.41, 5.74) is 4.19. The number of rotatable bonds is 4. The molecule has 0 spiro atoms. The lowest BCUT2D eigenvalue weighted by Gasteiger charge is -2.43. The molecule has 1 fully saturated rings. The van der Waals surface area contributed by atoms with Crippen molar-refractivity contribution in [2.75, 3.05) is 0 Å². The van der Waals surface area contributed by atoms with Crippen molar-refractivity contribution in [2.45, 2.75) is 38.6 Å². The first kappa shape index (κ1) is 20.5. The highest BCUT2D eigenvalue weighted by atomic mass is 35.5. The van der Waals surface area contributed by atoms with Crippen LogP contribution in [0.1, 0.15) is 46.3 Å². The van der Waals surface area contributed by atoms with E-state index in [9.17, 15) is 9.59 Å². The van der Waals surface area contributed by atoms with Crippen LogP contribution in [-0.2, 0) is 5.54 Å². The second kappa shape index (κ2) is 7.64. The summed E-state index contributed by atoms with van der Waals surface area (Å²) in [4.78, 5) is 28.7. The summed E-state index contributed by atoms with van der Waals surface area (Å²) in [5, 5.41) is 8.40. The van der Waals surface area contributed by atoms with E-state index in [1.165, 1.54) is 10.1 Å². The van der Waals surface area contributed by atoms with Gasteiger partial charge in [-0.3, -0.25) is 9.59 Å². The predicted octanol–water partition coefficient (Wildman–Crippen LogP) is 4.77. The highest BCUT2D eigenvalue weighted by molar-refractivity contribution is 6.30. The van der Waals surface area contributed by atoms with E-state index in [0.717, 1.165) is 36.0 Å². The van der Waals surface area contributed by atoms with Gasteiger partial charge >= 0.3 is 0 Å². The van der Waals surface area contributed by atoms with Crippen LogP contribution < -0.4 is 10.9 Å². The van der Waals surface area contributed by atoms with Crippen LogP contribution in [0.3, 0.4) is 0 Å². The molecule has 1 amide bonds. The van der Waals surface area contributed by atoms with Crippen LogP contribution in [0, 0.1) is 13.8 Å². The molecule has 0 atom stereocenters. The van der Waals surface area contributed by atoms with Crippen molar-refractivity contribution in [2.24, 2.45) is 0 Å². The smallest absolute Gasteiger partial charge is 0.275 e. The number of carbonyl (C=O) groups excluding carboxylic acids is 1. The number of nitrogens with zero attached hydrogens (tertiary/aromatic N) is 2. The summed E-state index contributed by atoms with van der Waals surface area (Å²) in [6.07, 6.45) is 4.38. The highest BCUT2D eigenvalue weighted by Crippen LogP contribution is 2.41. The number of aryl methyl sites for hydroxylation is 2. The molecule has 2 aromatic heterocycles. The van der Waals surface area contributed by atoms with Crippen LogP contribution >= 0.6 is 11.6 Å². The SMILES string of the molecule is Cc1ccc(-c2nn3cc(C(=O)NC4(c5ccc(Cl)cc5)CCC4)cc3c(=O)[nH]2)cc1C. The Bertz CT molecular complexity index is 1400. The Hall–Kier alpha value is -3.38. The van der Waals surface area contributed by atoms with Crippen LogP contribution in [0.2, 0.25) is 5.02 Å². The summed E-state index contributed by atoms with van der Waals surface area (Å²) >= 11 is 6.03.